The predicted molar refractivity (Wildman–Crippen MR) is 81.3 cm³/mol. The number of nitrogens with zero attached hydrogens (tertiary/aromatic N) is 2. The van der Waals surface area contributed by atoms with E-state index in [9.17, 15) is 14.4 Å². The van der Waals surface area contributed by atoms with E-state index >= 15 is 0 Å². The molecule has 0 saturated carbocycles. The van der Waals surface area contributed by atoms with Crippen LogP contribution in [-0.4, -0.2) is 36.0 Å². The van der Waals surface area contributed by atoms with Gasteiger partial charge in [-0.15, -0.1) is 12.3 Å². The minimum absolute atomic E-state index is 0.145. The Hall–Kier alpha value is -2.23. The number of esters is 1. The Morgan fingerprint density at radius 2 is 2.09 bits per heavy atom. The van der Waals surface area contributed by atoms with Crippen molar-refractivity contribution in [1.29, 1.82) is 0 Å². The first-order chi connectivity index (χ1) is 11.0. The van der Waals surface area contributed by atoms with E-state index in [-0.39, 0.29) is 17.9 Å². The van der Waals surface area contributed by atoms with E-state index in [2.05, 4.69) is 21.5 Å². The Bertz CT molecular complexity index is 544. The van der Waals surface area contributed by atoms with Crippen LogP contribution in [-0.2, 0) is 19.1 Å². The molecule has 2 aliphatic heterocycles. The van der Waals surface area contributed by atoms with Crippen LogP contribution < -0.4 is 5.32 Å². The lowest BCUT2D eigenvalue weighted by Crippen LogP contribution is -2.38. The highest BCUT2D eigenvalue weighted by Gasteiger charge is 2.38. The van der Waals surface area contributed by atoms with Crippen LogP contribution in [0.4, 0.5) is 0 Å². The number of nitrogens with one attached hydrogen (secondary N) is 1. The molecule has 0 bridgehead atoms. The highest BCUT2D eigenvalue weighted by atomic mass is 16.5. The molecular weight excluding hydrogens is 298 g/mol. The van der Waals surface area contributed by atoms with Crippen molar-refractivity contribution >= 4 is 17.7 Å². The van der Waals surface area contributed by atoms with E-state index in [0.29, 0.717) is 38.7 Å². The largest absolute Gasteiger partial charge is 0.464 e. The molecule has 1 amide bonds. The lowest BCUT2D eigenvalue weighted by Gasteiger charge is -2.10. The van der Waals surface area contributed by atoms with Gasteiger partial charge in [0.1, 0.15) is 11.8 Å². The number of Topliss-reactive ketones (excluding diaryl/α,β-unsaturated/α-hetero) is 1. The summed E-state index contributed by atoms with van der Waals surface area (Å²) in [5.74, 6) is 1.58. The first-order valence-electron chi connectivity index (χ1n) is 7.90. The van der Waals surface area contributed by atoms with Crippen molar-refractivity contribution in [2.45, 2.75) is 63.1 Å². The van der Waals surface area contributed by atoms with E-state index in [4.69, 9.17) is 11.2 Å². The highest BCUT2D eigenvalue weighted by Crippen LogP contribution is 2.38. The number of ketones is 1. The summed E-state index contributed by atoms with van der Waals surface area (Å²) in [7, 11) is 0. The Kier molecular flexibility index (Phi) is 5.85. The van der Waals surface area contributed by atoms with Crippen molar-refractivity contribution in [3.05, 3.63) is 0 Å². The molecule has 0 unspecified atom stereocenters. The normalized spacial score (nSPS) is 20.7. The van der Waals surface area contributed by atoms with Crippen LogP contribution in [0.1, 0.15) is 51.4 Å². The molecule has 0 aromatic rings. The number of unbranched alkanes of at least 4 members (excludes halogenated alkanes) is 1. The molecule has 7 heteroatoms. The second-order valence-corrected chi connectivity index (χ2v) is 5.89. The van der Waals surface area contributed by atoms with E-state index in [1.165, 1.54) is 0 Å². The number of hydrogen-bond donors (Lipinski definition) is 1. The van der Waals surface area contributed by atoms with Crippen LogP contribution in [0.5, 0.6) is 0 Å². The summed E-state index contributed by atoms with van der Waals surface area (Å²) in [6.07, 6.45) is 9.51. The fourth-order valence-electron chi connectivity index (χ4n) is 2.58. The standard InChI is InChI=1S/C16H21N3O4/c1-2-3-4-8-16(18-19-16)9-5-6-12(20)11-14(21)17-13-7-10-23-15(13)22/h1,13H,3-11H2,(H,17,21)/t13-/m0/s1. The zero-order valence-corrected chi connectivity index (χ0v) is 13.0. The molecule has 7 nitrogen and oxygen atoms in total. The minimum atomic E-state index is -0.612. The molecule has 0 spiro atoms. The number of terminal acetylenes is 1. The van der Waals surface area contributed by atoms with Crippen LogP contribution in [0.3, 0.4) is 0 Å². The van der Waals surface area contributed by atoms with Gasteiger partial charge in [-0.25, -0.2) is 4.79 Å². The maximum atomic E-state index is 11.8. The number of carbonyl (C=O) groups excluding carboxylic acids is 3. The van der Waals surface area contributed by atoms with Gasteiger partial charge in [0.05, 0.1) is 13.0 Å². The lowest BCUT2D eigenvalue weighted by molar-refractivity contribution is -0.142. The van der Waals surface area contributed by atoms with Crippen molar-refractivity contribution in [3.63, 3.8) is 0 Å². The highest BCUT2D eigenvalue weighted by molar-refractivity contribution is 5.99. The van der Waals surface area contributed by atoms with Gasteiger partial charge in [-0.2, -0.15) is 10.2 Å². The number of carbonyl (C=O) groups is 3. The van der Waals surface area contributed by atoms with E-state index in [0.717, 1.165) is 12.8 Å². The van der Waals surface area contributed by atoms with E-state index in [1.54, 1.807) is 0 Å². The average molecular weight is 319 g/mol. The molecule has 1 saturated heterocycles. The van der Waals surface area contributed by atoms with Gasteiger partial charge in [-0.3, -0.25) is 9.59 Å². The smallest absolute Gasteiger partial charge is 0.328 e. The van der Waals surface area contributed by atoms with Gasteiger partial charge in [0, 0.05) is 19.3 Å². The van der Waals surface area contributed by atoms with Gasteiger partial charge in [0.2, 0.25) is 5.91 Å². The molecule has 0 aliphatic carbocycles. The summed E-state index contributed by atoms with van der Waals surface area (Å²) in [6.45, 7) is 0.312. The van der Waals surface area contributed by atoms with E-state index < -0.39 is 17.9 Å². The maximum absolute atomic E-state index is 11.8. The van der Waals surface area contributed by atoms with Gasteiger partial charge >= 0.3 is 5.97 Å². The molecule has 23 heavy (non-hydrogen) atoms. The van der Waals surface area contributed by atoms with Crippen molar-refractivity contribution in [3.8, 4) is 12.3 Å². The fourth-order valence-corrected chi connectivity index (χ4v) is 2.58. The van der Waals surface area contributed by atoms with Crippen LogP contribution >= 0.6 is 0 Å². The van der Waals surface area contributed by atoms with Crippen LogP contribution in [0.25, 0.3) is 0 Å². The Morgan fingerprint density at radius 3 is 2.70 bits per heavy atom. The van der Waals surface area contributed by atoms with Gasteiger partial charge in [0.15, 0.2) is 5.66 Å². The summed E-state index contributed by atoms with van der Waals surface area (Å²) in [5.41, 5.74) is -0.340. The summed E-state index contributed by atoms with van der Waals surface area (Å²) in [5, 5.41) is 10.6. The first-order valence-corrected chi connectivity index (χ1v) is 7.90. The second-order valence-electron chi connectivity index (χ2n) is 5.89. The van der Waals surface area contributed by atoms with Crippen LogP contribution in [0, 0.1) is 12.3 Å². The molecular formula is C16H21N3O4. The maximum Gasteiger partial charge on any atom is 0.328 e. The summed E-state index contributed by atoms with van der Waals surface area (Å²) in [6, 6.07) is -0.612. The molecule has 2 rings (SSSR count). The van der Waals surface area contributed by atoms with Crippen molar-refractivity contribution in [2.75, 3.05) is 6.61 Å². The molecule has 2 aliphatic rings. The number of cyclic esters (lactones) is 1. The Balaban J connectivity index is 1.59. The number of amides is 1. The monoisotopic (exact) mass is 319 g/mol. The number of hydrogen-bond acceptors (Lipinski definition) is 6. The Labute approximate surface area is 135 Å². The lowest BCUT2D eigenvalue weighted by atomic mass is 9.98. The number of ether oxygens (including phenoxy) is 1. The molecule has 1 atom stereocenters. The Morgan fingerprint density at radius 1 is 1.35 bits per heavy atom. The summed E-state index contributed by atoms with van der Waals surface area (Å²) < 4.78 is 4.75. The predicted octanol–water partition coefficient (Wildman–Crippen LogP) is 1.51. The fraction of sp³-hybridized carbons (Fsp3) is 0.688. The second kappa shape index (κ2) is 7.86. The zero-order chi connectivity index (χ0) is 16.7. The topological polar surface area (TPSA) is 97.2 Å². The van der Waals surface area contributed by atoms with Gasteiger partial charge < -0.3 is 10.1 Å². The summed E-state index contributed by atoms with van der Waals surface area (Å²) in [4.78, 5) is 34.8. The molecule has 1 N–H and O–H groups in total. The summed E-state index contributed by atoms with van der Waals surface area (Å²) >= 11 is 0. The van der Waals surface area contributed by atoms with Crippen LogP contribution in [0.2, 0.25) is 0 Å². The van der Waals surface area contributed by atoms with Gasteiger partial charge in [-0.1, -0.05) is 0 Å². The molecule has 2 heterocycles. The number of rotatable bonds is 10. The van der Waals surface area contributed by atoms with Crippen LogP contribution in [0.15, 0.2) is 10.2 Å². The quantitative estimate of drug-likeness (QED) is 0.286. The minimum Gasteiger partial charge on any atom is -0.464 e. The molecule has 124 valence electrons. The van der Waals surface area contributed by atoms with E-state index in [1.807, 2.05) is 0 Å². The molecule has 1 fully saturated rings. The van der Waals surface area contributed by atoms with Gasteiger partial charge in [0.25, 0.3) is 0 Å². The van der Waals surface area contributed by atoms with Crippen molar-refractivity contribution in [1.82, 2.24) is 5.32 Å². The van der Waals surface area contributed by atoms with Gasteiger partial charge in [-0.05, 0) is 25.7 Å². The zero-order valence-electron chi connectivity index (χ0n) is 13.0. The third-order valence-electron chi connectivity index (χ3n) is 3.94. The van der Waals surface area contributed by atoms with Crippen molar-refractivity contribution in [2.24, 2.45) is 10.2 Å². The third-order valence-corrected chi connectivity index (χ3v) is 3.94. The first kappa shape index (κ1) is 17.1. The third kappa shape index (κ3) is 5.47. The molecule has 0 aromatic carbocycles. The molecule has 0 radical (unpaired) electrons. The SMILES string of the molecule is C#CCCCC1(CCCC(=O)CC(=O)N[C@H]2CCOC2=O)N=N1. The van der Waals surface area contributed by atoms with Crippen molar-refractivity contribution < 1.29 is 19.1 Å². The average Bonchev–Trinajstić information content (AvgIpc) is 3.15. The molecule has 0 aromatic heterocycles.